The summed E-state index contributed by atoms with van der Waals surface area (Å²) in [5.74, 6) is 0.448. The molecule has 0 saturated carbocycles. The normalized spacial score (nSPS) is 12.0. The van der Waals surface area contributed by atoms with E-state index < -0.39 is 0 Å². The minimum Gasteiger partial charge on any atom is -0.0622 e. The van der Waals surface area contributed by atoms with Gasteiger partial charge in [-0.15, -0.1) is 0 Å². The molecule has 3 aromatic rings. The Bertz CT molecular complexity index is 656. The molecule has 0 nitrogen and oxygen atoms in total. The Morgan fingerprint density at radius 3 is 1.68 bits per heavy atom. The molecule has 0 amide bonds. The van der Waals surface area contributed by atoms with Crippen molar-refractivity contribution in [3.63, 3.8) is 0 Å². The molecule has 22 heavy (non-hydrogen) atoms. The molecule has 3 rings (SSSR count). The Labute approximate surface area is 133 Å². The fraction of sp³-hybridized carbons (Fsp3) is 0.136. The van der Waals surface area contributed by atoms with Gasteiger partial charge in [-0.3, -0.25) is 0 Å². The van der Waals surface area contributed by atoms with E-state index in [-0.39, 0.29) is 0 Å². The van der Waals surface area contributed by atoms with Gasteiger partial charge >= 0.3 is 0 Å². The van der Waals surface area contributed by atoms with E-state index in [0.29, 0.717) is 5.92 Å². The fourth-order valence-electron chi connectivity index (χ4n) is 2.80. The van der Waals surface area contributed by atoms with E-state index in [2.05, 4.69) is 97.4 Å². The van der Waals surface area contributed by atoms with Crippen LogP contribution in [0.2, 0.25) is 0 Å². The summed E-state index contributed by atoms with van der Waals surface area (Å²) >= 11 is 0. The van der Waals surface area contributed by atoms with E-state index in [1.807, 2.05) is 0 Å². The van der Waals surface area contributed by atoms with E-state index >= 15 is 0 Å². The summed E-state index contributed by atoms with van der Waals surface area (Å²) in [6.07, 6.45) is 4.50. The van der Waals surface area contributed by atoms with Crippen LogP contribution in [0.5, 0.6) is 0 Å². The second-order valence-electron chi connectivity index (χ2n) is 5.63. The van der Waals surface area contributed by atoms with Gasteiger partial charge in [-0.05, 0) is 41.9 Å². The van der Waals surface area contributed by atoms with Gasteiger partial charge < -0.3 is 0 Å². The third-order valence-corrected chi connectivity index (χ3v) is 4.01. The van der Waals surface area contributed by atoms with E-state index in [0.717, 1.165) is 12.8 Å². The highest BCUT2D eigenvalue weighted by Crippen LogP contribution is 2.25. The van der Waals surface area contributed by atoms with Crippen LogP contribution in [0, 0.1) is 6.42 Å². The predicted molar refractivity (Wildman–Crippen MR) is 93.8 cm³/mol. The Kier molecular flexibility index (Phi) is 5.04. The second kappa shape index (κ2) is 7.61. The Hall–Kier alpha value is -2.34. The molecule has 1 radical (unpaired) electrons. The lowest BCUT2D eigenvalue weighted by atomic mass is 9.87. The highest BCUT2D eigenvalue weighted by Gasteiger charge is 2.12. The van der Waals surface area contributed by atoms with E-state index in [4.69, 9.17) is 0 Å². The van der Waals surface area contributed by atoms with Gasteiger partial charge in [0, 0.05) is 0 Å². The quantitative estimate of drug-likeness (QED) is 0.564. The van der Waals surface area contributed by atoms with Gasteiger partial charge in [0.15, 0.2) is 0 Å². The number of hydrogen-bond acceptors (Lipinski definition) is 0. The zero-order valence-electron chi connectivity index (χ0n) is 12.7. The maximum atomic E-state index is 2.44. The second-order valence-corrected chi connectivity index (χ2v) is 5.63. The van der Waals surface area contributed by atoms with Crippen LogP contribution < -0.4 is 0 Å². The predicted octanol–water partition coefficient (Wildman–Crippen LogP) is 5.46. The van der Waals surface area contributed by atoms with Crippen molar-refractivity contribution in [2.24, 2.45) is 0 Å². The van der Waals surface area contributed by atoms with E-state index in [1.54, 1.807) is 0 Å². The number of rotatable bonds is 6. The summed E-state index contributed by atoms with van der Waals surface area (Å²) in [6.45, 7) is 0. The SMILES string of the molecule is [CH](Cc1ccccc1)C(Cc1ccccc1)c1ccccc1. The van der Waals surface area contributed by atoms with E-state index in [9.17, 15) is 0 Å². The van der Waals surface area contributed by atoms with E-state index in [1.165, 1.54) is 16.7 Å². The van der Waals surface area contributed by atoms with Crippen molar-refractivity contribution < 1.29 is 0 Å². The molecule has 0 aromatic heterocycles. The molecule has 0 aliphatic carbocycles. The molecule has 0 aliphatic rings. The molecule has 109 valence electrons. The molecule has 0 spiro atoms. The van der Waals surface area contributed by atoms with Gasteiger partial charge in [-0.2, -0.15) is 0 Å². The molecule has 1 atom stereocenters. The molecule has 0 heterocycles. The Morgan fingerprint density at radius 1 is 0.591 bits per heavy atom. The van der Waals surface area contributed by atoms with Crippen molar-refractivity contribution in [1.82, 2.24) is 0 Å². The van der Waals surface area contributed by atoms with Crippen molar-refractivity contribution in [2.75, 3.05) is 0 Å². The maximum absolute atomic E-state index is 2.44. The van der Waals surface area contributed by atoms with Gasteiger partial charge in [-0.1, -0.05) is 91.0 Å². The highest BCUT2D eigenvalue weighted by atomic mass is 14.2. The first kappa shape index (κ1) is 14.6. The van der Waals surface area contributed by atoms with Crippen LogP contribution in [-0.2, 0) is 12.8 Å². The first-order valence-corrected chi connectivity index (χ1v) is 7.88. The average Bonchev–Trinajstić information content (AvgIpc) is 2.61. The van der Waals surface area contributed by atoms with Crippen LogP contribution in [0.25, 0.3) is 0 Å². The molecule has 0 saturated heterocycles. The lowest BCUT2D eigenvalue weighted by molar-refractivity contribution is 0.753. The topological polar surface area (TPSA) is 0 Å². The first-order valence-electron chi connectivity index (χ1n) is 7.88. The lowest BCUT2D eigenvalue weighted by Gasteiger charge is -2.17. The van der Waals surface area contributed by atoms with Gasteiger partial charge in [0.05, 0.1) is 0 Å². The van der Waals surface area contributed by atoms with Gasteiger partial charge in [-0.25, -0.2) is 0 Å². The molecule has 0 N–H and O–H groups in total. The van der Waals surface area contributed by atoms with Crippen molar-refractivity contribution in [2.45, 2.75) is 18.8 Å². The summed E-state index contributed by atoms with van der Waals surface area (Å²) in [4.78, 5) is 0. The Morgan fingerprint density at radius 2 is 1.09 bits per heavy atom. The third kappa shape index (κ3) is 4.08. The number of hydrogen-bond donors (Lipinski definition) is 0. The minimum absolute atomic E-state index is 0.448. The maximum Gasteiger partial charge on any atom is -0.00870 e. The molecule has 0 bridgehead atoms. The summed E-state index contributed by atoms with van der Waals surface area (Å²) in [5, 5.41) is 0. The smallest absolute Gasteiger partial charge is 0.00870 e. The van der Waals surface area contributed by atoms with Crippen molar-refractivity contribution in [3.05, 3.63) is 114 Å². The van der Waals surface area contributed by atoms with Crippen LogP contribution in [0.15, 0.2) is 91.0 Å². The lowest BCUT2D eigenvalue weighted by Crippen LogP contribution is -2.05. The van der Waals surface area contributed by atoms with Crippen LogP contribution >= 0.6 is 0 Å². The van der Waals surface area contributed by atoms with Crippen molar-refractivity contribution in [3.8, 4) is 0 Å². The molecule has 0 heteroatoms. The summed E-state index contributed by atoms with van der Waals surface area (Å²) < 4.78 is 0. The minimum atomic E-state index is 0.448. The largest absolute Gasteiger partial charge is 0.0622 e. The van der Waals surface area contributed by atoms with Gasteiger partial charge in [0.2, 0.25) is 0 Å². The third-order valence-electron chi connectivity index (χ3n) is 4.01. The van der Waals surface area contributed by atoms with Crippen molar-refractivity contribution >= 4 is 0 Å². The summed E-state index contributed by atoms with van der Waals surface area (Å²) in [6, 6.07) is 32.2. The average molecular weight is 285 g/mol. The van der Waals surface area contributed by atoms with Gasteiger partial charge in [0.1, 0.15) is 0 Å². The highest BCUT2D eigenvalue weighted by molar-refractivity contribution is 5.28. The van der Waals surface area contributed by atoms with Crippen LogP contribution in [0.3, 0.4) is 0 Å². The molecular weight excluding hydrogens is 264 g/mol. The molecule has 3 aromatic carbocycles. The Balaban J connectivity index is 1.74. The zero-order valence-corrected chi connectivity index (χ0v) is 12.7. The molecule has 0 fully saturated rings. The zero-order chi connectivity index (χ0) is 15.0. The van der Waals surface area contributed by atoms with Gasteiger partial charge in [0.25, 0.3) is 0 Å². The summed E-state index contributed by atoms with van der Waals surface area (Å²) in [5.41, 5.74) is 4.15. The first-order chi connectivity index (χ1) is 10.9. The van der Waals surface area contributed by atoms with Crippen LogP contribution in [0.4, 0.5) is 0 Å². The molecule has 0 aliphatic heterocycles. The fourth-order valence-corrected chi connectivity index (χ4v) is 2.80. The summed E-state index contributed by atoms with van der Waals surface area (Å²) in [7, 11) is 0. The van der Waals surface area contributed by atoms with Crippen molar-refractivity contribution in [1.29, 1.82) is 0 Å². The molecule has 1 unspecified atom stereocenters. The number of benzene rings is 3. The van der Waals surface area contributed by atoms with Crippen LogP contribution in [-0.4, -0.2) is 0 Å². The standard InChI is InChI=1S/C22H21/c1-4-10-19(11-5-1)16-17-22(21-14-8-3-9-15-21)18-20-12-6-2-7-13-20/h1-15,17,22H,16,18H2. The molecular formula is C22H21. The van der Waals surface area contributed by atoms with Crippen LogP contribution in [0.1, 0.15) is 22.6 Å². The monoisotopic (exact) mass is 285 g/mol.